The number of pyridine rings is 1. The van der Waals surface area contributed by atoms with Gasteiger partial charge in [-0.2, -0.15) is 4.98 Å². The summed E-state index contributed by atoms with van der Waals surface area (Å²) in [6.07, 6.45) is 8.85. The third-order valence-electron chi connectivity index (χ3n) is 4.96. The van der Waals surface area contributed by atoms with Crippen molar-refractivity contribution >= 4 is 28.7 Å². The van der Waals surface area contributed by atoms with Crippen LogP contribution in [0, 0.1) is 17.8 Å². The molecule has 2 aromatic heterocycles. The van der Waals surface area contributed by atoms with Crippen LogP contribution in [0.5, 0.6) is 11.5 Å². The number of amides is 1. The van der Waals surface area contributed by atoms with Crippen LogP contribution in [0.1, 0.15) is 40.0 Å². The number of anilines is 2. The Morgan fingerprint density at radius 1 is 1.09 bits per heavy atom. The lowest BCUT2D eigenvalue weighted by Gasteiger charge is -2.18. The van der Waals surface area contributed by atoms with Gasteiger partial charge in [-0.1, -0.05) is 20.8 Å². The Kier molecular flexibility index (Phi) is 7.90. The van der Waals surface area contributed by atoms with E-state index in [1.807, 2.05) is 39.0 Å². The third kappa shape index (κ3) is 6.58. The van der Waals surface area contributed by atoms with Gasteiger partial charge in [-0.15, -0.1) is 12.3 Å². The number of terminal acetylenes is 1. The van der Waals surface area contributed by atoms with Gasteiger partial charge in [0, 0.05) is 42.6 Å². The van der Waals surface area contributed by atoms with Gasteiger partial charge in [-0.3, -0.25) is 4.79 Å². The molecule has 2 N–H and O–H groups in total. The van der Waals surface area contributed by atoms with Gasteiger partial charge in [0.2, 0.25) is 11.9 Å². The maximum Gasteiger partial charge on any atom is 0.226 e. The molecule has 0 aliphatic heterocycles. The van der Waals surface area contributed by atoms with Gasteiger partial charge in [0.15, 0.2) is 5.65 Å². The predicted molar refractivity (Wildman–Crippen MR) is 135 cm³/mol. The molecule has 0 spiro atoms. The minimum absolute atomic E-state index is 0.128. The average Bonchev–Trinajstić information content (AvgIpc) is 2.79. The van der Waals surface area contributed by atoms with Crippen LogP contribution < -0.4 is 20.1 Å². The van der Waals surface area contributed by atoms with Crippen LogP contribution in [0.3, 0.4) is 0 Å². The molecule has 8 heteroatoms. The van der Waals surface area contributed by atoms with Crippen molar-refractivity contribution in [3.8, 4) is 35.0 Å². The molecule has 0 bridgehead atoms. The van der Waals surface area contributed by atoms with Crippen molar-refractivity contribution in [2.45, 2.75) is 40.0 Å². The van der Waals surface area contributed by atoms with Crippen molar-refractivity contribution in [1.82, 2.24) is 15.0 Å². The van der Waals surface area contributed by atoms with Crippen LogP contribution in [0.15, 0.2) is 30.5 Å². The first-order valence-corrected chi connectivity index (χ1v) is 11.1. The first-order chi connectivity index (χ1) is 16.2. The Balaban J connectivity index is 2.06. The number of benzene rings is 1. The first-order valence-electron chi connectivity index (χ1n) is 11.1. The SMILES string of the molecule is C#CCCCNc1ncc2cc(-c3cc(OC)cc(OC)c3)c(NC(=O)CC(C)(C)C)nc2n1. The number of rotatable bonds is 9. The highest BCUT2D eigenvalue weighted by molar-refractivity contribution is 5.97. The molecule has 0 aliphatic carbocycles. The fraction of sp³-hybridized carbons (Fsp3) is 0.385. The van der Waals surface area contributed by atoms with Crippen molar-refractivity contribution in [3.63, 3.8) is 0 Å². The van der Waals surface area contributed by atoms with Gasteiger partial charge in [-0.05, 0) is 35.6 Å². The van der Waals surface area contributed by atoms with Gasteiger partial charge < -0.3 is 20.1 Å². The highest BCUT2D eigenvalue weighted by Gasteiger charge is 2.19. The number of aromatic nitrogens is 3. The normalized spacial score (nSPS) is 11.1. The van der Waals surface area contributed by atoms with Crippen molar-refractivity contribution in [1.29, 1.82) is 0 Å². The zero-order valence-electron chi connectivity index (χ0n) is 20.4. The molecule has 0 aliphatic rings. The molecule has 3 aromatic rings. The minimum Gasteiger partial charge on any atom is -0.497 e. The summed E-state index contributed by atoms with van der Waals surface area (Å²) in [5, 5.41) is 6.87. The summed E-state index contributed by atoms with van der Waals surface area (Å²) in [7, 11) is 3.18. The van der Waals surface area contributed by atoms with Crippen LogP contribution in [0.4, 0.5) is 11.8 Å². The molecule has 3 rings (SSSR count). The number of nitrogens with zero attached hydrogens (tertiary/aromatic N) is 3. The molecular formula is C26H31N5O3. The molecule has 0 fully saturated rings. The Labute approximate surface area is 200 Å². The monoisotopic (exact) mass is 461 g/mol. The Bertz CT molecular complexity index is 1190. The lowest BCUT2D eigenvalue weighted by molar-refractivity contribution is -0.117. The van der Waals surface area contributed by atoms with E-state index in [2.05, 4.69) is 26.5 Å². The molecule has 34 heavy (non-hydrogen) atoms. The van der Waals surface area contributed by atoms with Crippen LogP contribution in [0.2, 0.25) is 0 Å². The second kappa shape index (κ2) is 10.8. The number of unbranched alkanes of at least 4 members (excludes halogenated alkanes) is 1. The summed E-state index contributed by atoms with van der Waals surface area (Å²) in [6.45, 7) is 6.70. The van der Waals surface area contributed by atoms with Gasteiger partial charge >= 0.3 is 0 Å². The number of hydrogen-bond acceptors (Lipinski definition) is 7. The Morgan fingerprint density at radius 2 is 1.79 bits per heavy atom. The van der Waals surface area contributed by atoms with E-state index in [4.69, 9.17) is 20.9 Å². The van der Waals surface area contributed by atoms with E-state index in [9.17, 15) is 4.79 Å². The number of ether oxygens (including phenoxy) is 2. The lowest BCUT2D eigenvalue weighted by atomic mass is 9.92. The van der Waals surface area contributed by atoms with Crippen LogP contribution in [-0.4, -0.2) is 41.6 Å². The molecule has 1 amide bonds. The highest BCUT2D eigenvalue weighted by atomic mass is 16.5. The van der Waals surface area contributed by atoms with Gasteiger partial charge in [0.05, 0.1) is 14.2 Å². The smallest absolute Gasteiger partial charge is 0.226 e. The van der Waals surface area contributed by atoms with Crippen LogP contribution in [0.25, 0.3) is 22.2 Å². The fourth-order valence-corrected chi connectivity index (χ4v) is 3.38. The van der Waals surface area contributed by atoms with E-state index < -0.39 is 0 Å². The molecule has 0 saturated heterocycles. The van der Waals surface area contributed by atoms with Crippen molar-refractivity contribution in [2.75, 3.05) is 31.4 Å². The summed E-state index contributed by atoms with van der Waals surface area (Å²) in [5.74, 6) is 4.61. The largest absolute Gasteiger partial charge is 0.497 e. The molecule has 1 aromatic carbocycles. The quantitative estimate of drug-likeness (QED) is 0.345. The topological polar surface area (TPSA) is 98.3 Å². The van der Waals surface area contributed by atoms with E-state index in [0.29, 0.717) is 53.9 Å². The second-order valence-electron chi connectivity index (χ2n) is 9.11. The molecule has 8 nitrogen and oxygen atoms in total. The standard InChI is InChI=1S/C26H31N5O3/c1-7-8-9-10-27-25-28-16-18-13-21(17-11-19(33-5)14-20(12-17)34-6)24(30-23(18)31-25)29-22(32)15-26(2,3)4/h1,11-14,16H,8-10,15H2,2-6H3,(H2,27,28,29,30,31,32). The van der Waals surface area contributed by atoms with Crippen LogP contribution >= 0.6 is 0 Å². The molecule has 2 heterocycles. The zero-order chi connectivity index (χ0) is 24.7. The van der Waals surface area contributed by atoms with Crippen molar-refractivity contribution < 1.29 is 14.3 Å². The Morgan fingerprint density at radius 3 is 2.41 bits per heavy atom. The van der Waals surface area contributed by atoms with E-state index >= 15 is 0 Å². The van der Waals surface area contributed by atoms with Crippen molar-refractivity contribution in [3.05, 3.63) is 30.5 Å². The maximum absolute atomic E-state index is 12.8. The molecule has 0 unspecified atom stereocenters. The summed E-state index contributed by atoms with van der Waals surface area (Å²) in [5.41, 5.74) is 1.80. The minimum atomic E-state index is -0.169. The molecule has 0 saturated carbocycles. The summed E-state index contributed by atoms with van der Waals surface area (Å²) in [4.78, 5) is 26.4. The average molecular weight is 462 g/mol. The summed E-state index contributed by atoms with van der Waals surface area (Å²) in [6, 6.07) is 7.43. The van der Waals surface area contributed by atoms with Crippen LogP contribution in [-0.2, 0) is 4.79 Å². The summed E-state index contributed by atoms with van der Waals surface area (Å²) < 4.78 is 10.9. The number of hydrogen-bond donors (Lipinski definition) is 2. The number of carbonyl (C=O) groups excluding carboxylic acids is 1. The lowest BCUT2D eigenvalue weighted by Crippen LogP contribution is -2.20. The number of fused-ring (bicyclic) bond motifs is 1. The highest BCUT2D eigenvalue weighted by Crippen LogP contribution is 2.35. The Hall–Kier alpha value is -3.86. The van der Waals surface area contributed by atoms with Crippen molar-refractivity contribution in [2.24, 2.45) is 5.41 Å². The fourth-order valence-electron chi connectivity index (χ4n) is 3.38. The molecule has 0 radical (unpaired) electrons. The molecule has 178 valence electrons. The van der Waals surface area contributed by atoms with Gasteiger partial charge in [0.25, 0.3) is 0 Å². The van der Waals surface area contributed by atoms with Gasteiger partial charge in [0.1, 0.15) is 17.3 Å². The number of nitrogens with one attached hydrogen (secondary N) is 2. The number of methoxy groups -OCH3 is 2. The third-order valence-corrected chi connectivity index (χ3v) is 4.96. The first kappa shape index (κ1) is 24.8. The molecular weight excluding hydrogens is 430 g/mol. The maximum atomic E-state index is 12.8. The summed E-state index contributed by atoms with van der Waals surface area (Å²) >= 11 is 0. The van der Waals surface area contributed by atoms with E-state index in [0.717, 1.165) is 17.4 Å². The van der Waals surface area contributed by atoms with E-state index in [1.54, 1.807) is 26.5 Å². The van der Waals surface area contributed by atoms with Gasteiger partial charge in [-0.25, -0.2) is 9.97 Å². The zero-order valence-corrected chi connectivity index (χ0v) is 20.4. The second-order valence-corrected chi connectivity index (χ2v) is 9.11. The van der Waals surface area contributed by atoms with E-state index in [-0.39, 0.29) is 11.3 Å². The number of carbonyl (C=O) groups is 1. The van der Waals surface area contributed by atoms with E-state index in [1.165, 1.54) is 0 Å². The predicted octanol–water partition coefficient (Wildman–Crippen LogP) is 4.91. The molecule has 0 atom stereocenters.